The van der Waals surface area contributed by atoms with Crippen molar-refractivity contribution in [3.63, 3.8) is 0 Å². The Labute approximate surface area is 143 Å². The van der Waals surface area contributed by atoms with Gasteiger partial charge < -0.3 is 5.32 Å². The molecule has 2 heterocycles. The largest absolute Gasteiger partial charge is 0.345 e. The summed E-state index contributed by atoms with van der Waals surface area (Å²) < 4.78 is 0. The van der Waals surface area contributed by atoms with Gasteiger partial charge in [-0.1, -0.05) is 23.5 Å². The number of aryl methyl sites for hydroxylation is 2. The number of fused-ring (bicyclic) bond motifs is 1. The normalized spacial score (nSPS) is 20.0. The van der Waals surface area contributed by atoms with E-state index in [1.54, 1.807) is 0 Å². The van der Waals surface area contributed by atoms with Crippen LogP contribution < -0.4 is 5.32 Å². The monoisotopic (exact) mass is 347 g/mol. The quantitative estimate of drug-likeness (QED) is 0.840. The summed E-state index contributed by atoms with van der Waals surface area (Å²) in [4.78, 5) is 28.1. The van der Waals surface area contributed by atoms with Gasteiger partial charge >= 0.3 is 0 Å². The first-order valence-corrected chi connectivity index (χ1v) is 9.66. The highest BCUT2D eigenvalue weighted by Gasteiger charge is 2.26. The van der Waals surface area contributed by atoms with Crippen LogP contribution in [0.4, 0.5) is 0 Å². The fourth-order valence-electron chi connectivity index (χ4n) is 2.80. The number of aromatic nitrogens is 1. The maximum atomic E-state index is 12.0. The number of hydrogen-bond donors (Lipinski definition) is 1. The van der Waals surface area contributed by atoms with E-state index in [1.807, 2.05) is 6.07 Å². The molecule has 0 saturated carbocycles. The molecule has 1 fully saturated rings. The Morgan fingerprint density at radius 2 is 2.30 bits per heavy atom. The van der Waals surface area contributed by atoms with Crippen LogP contribution in [0.2, 0.25) is 0 Å². The molecule has 0 radical (unpaired) electrons. The summed E-state index contributed by atoms with van der Waals surface area (Å²) in [6.07, 6.45) is 4.87. The molecule has 2 aliphatic rings. The number of rotatable bonds is 4. The molecule has 1 aliphatic heterocycles. The molecule has 3 rings (SSSR count). The number of nitrogens with zero attached hydrogens (tertiary/aromatic N) is 2. The Morgan fingerprint density at radius 3 is 3.04 bits per heavy atom. The summed E-state index contributed by atoms with van der Waals surface area (Å²) >= 11 is 2.54. The average Bonchev–Trinajstić information content (AvgIpc) is 2.97. The second-order valence-corrected chi connectivity index (χ2v) is 7.69. The van der Waals surface area contributed by atoms with Gasteiger partial charge in [0.15, 0.2) is 0 Å². The van der Waals surface area contributed by atoms with Crippen molar-refractivity contribution < 1.29 is 9.59 Å². The molecule has 5 nitrogen and oxygen atoms in total. The van der Waals surface area contributed by atoms with Crippen molar-refractivity contribution in [3.05, 3.63) is 22.9 Å². The highest BCUT2D eigenvalue weighted by molar-refractivity contribution is 8.14. The molecule has 1 unspecified atom stereocenters. The summed E-state index contributed by atoms with van der Waals surface area (Å²) in [5, 5.41) is 12.7. The van der Waals surface area contributed by atoms with E-state index in [0.29, 0.717) is 17.0 Å². The average molecular weight is 347 g/mol. The molecule has 1 saturated heterocycles. The third kappa shape index (κ3) is 3.88. The predicted molar refractivity (Wildman–Crippen MR) is 90.3 cm³/mol. The third-order valence-corrected chi connectivity index (χ3v) is 6.00. The molecule has 1 N–H and O–H groups in total. The van der Waals surface area contributed by atoms with Crippen LogP contribution in [-0.4, -0.2) is 33.6 Å². The van der Waals surface area contributed by atoms with Gasteiger partial charge in [-0.2, -0.15) is 5.26 Å². The molecule has 1 amide bonds. The van der Waals surface area contributed by atoms with E-state index in [9.17, 15) is 14.9 Å². The SMILES string of the molecule is N#Cc1cc2c(nc1SCC(=O)NC1CCSC1=O)CCCC2. The van der Waals surface area contributed by atoms with Crippen LogP contribution in [0.5, 0.6) is 0 Å². The number of carbonyl (C=O) groups is 2. The Kier molecular flexibility index (Phi) is 5.23. The van der Waals surface area contributed by atoms with Gasteiger partial charge in [0.2, 0.25) is 11.0 Å². The van der Waals surface area contributed by atoms with Crippen molar-refractivity contribution in [1.29, 1.82) is 5.26 Å². The molecule has 0 bridgehead atoms. The first-order chi connectivity index (χ1) is 11.2. The Hall–Kier alpha value is -1.52. The number of pyridine rings is 1. The van der Waals surface area contributed by atoms with Crippen molar-refractivity contribution in [2.24, 2.45) is 0 Å². The molecule has 120 valence electrons. The summed E-state index contributed by atoms with van der Waals surface area (Å²) in [6, 6.07) is 3.73. The van der Waals surface area contributed by atoms with E-state index in [0.717, 1.165) is 42.7 Å². The third-order valence-electron chi connectivity index (χ3n) is 4.00. The minimum Gasteiger partial charge on any atom is -0.345 e. The van der Waals surface area contributed by atoms with E-state index < -0.39 is 0 Å². The van der Waals surface area contributed by atoms with Gasteiger partial charge in [0.25, 0.3) is 0 Å². The van der Waals surface area contributed by atoms with Crippen LogP contribution in [0, 0.1) is 11.3 Å². The summed E-state index contributed by atoms with van der Waals surface area (Å²) in [6.45, 7) is 0. The molecule has 0 spiro atoms. The van der Waals surface area contributed by atoms with Gasteiger partial charge in [-0.3, -0.25) is 9.59 Å². The van der Waals surface area contributed by atoms with Crippen LogP contribution >= 0.6 is 23.5 Å². The van der Waals surface area contributed by atoms with Crippen LogP contribution in [0.3, 0.4) is 0 Å². The number of amides is 1. The molecule has 1 atom stereocenters. The van der Waals surface area contributed by atoms with Crippen molar-refractivity contribution in [3.8, 4) is 6.07 Å². The standard InChI is InChI=1S/C16H17N3O2S2/c17-8-11-7-10-3-1-2-4-12(10)19-15(11)23-9-14(20)18-13-5-6-22-16(13)21/h7,13H,1-6,9H2,(H,18,20). The lowest BCUT2D eigenvalue weighted by atomic mass is 9.95. The van der Waals surface area contributed by atoms with Gasteiger partial charge in [-0.15, -0.1) is 0 Å². The zero-order valence-electron chi connectivity index (χ0n) is 12.6. The molecular weight excluding hydrogens is 330 g/mol. The highest BCUT2D eigenvalue weighted by Crippen LogP contribution is 2.27. The van der Waals surface area contributed by atoms with Crippen LogP contribution in [0.15, 0.2) is 11.1 Å². The smallest absolute Gasteiger partial charge is 0.231 e. The molecule has 7 heteroatoms. The lowest BCUT2D eigenvalue weighted by Crippen LogP contribution is -2.38. The minimum absolute atomic E-state index is 0.0352. The lowest BCUT2D eigenvalue weighted by molar-refractivity contribution is -0.122. The maximum Gasteiger partial charge on any atom is 0.231 e. The number of carbonyl (C=O) groups excluding carboxylic acids is 2. The Morgan fingerprint density at radius 1 is 1.48 bits per heavy atom. The Balaban J connectivity index is 1.64. The molecular formula is C16H17N3O2S2. The zero-order valence-corrected chi connectivity index (χ0v) is 14.3. The fourth-order valence-corrected chi connectivity index (χ4v) is 4.52. The molecule has 1 aromatic rings. The van der Waals surface area contributed by atoms with Crippen LogP contribution in [0.1, 0.15) is 36.1 Å². The number of thioether (sulfide) groups is 2. The topological polar surface area (TPSA) is 82.8 Å². The summed E-state index contributed by atoms with van der Waals surface area (Å²) in [5.74, 6) is 0.760. The fraction of sp³-hybridized carbons (Fsp3) is 0.500. The van der Waals surface area contributed by atoms with Crippen molar-refractivity contribution in [1.82, 2.24) is 10.3 Å². The van der Waals surface area contributed by atoms with E-state index in [2.05, 4.69) is 16.4 Å². The zero-order chi connectivity index (χ0) is 16.2. The first kappa shape index (κ1) is 16.3. The van der Waals surface area contributed by atoms with Crippen molar-refractivity contribution in [2.45, 2.75) is 43.2 Å². The van der Waals surface area contributed by atoms with Gasteiger partial charge in [0.05, 0.1) is 17.4 Å². The maximum absolute atomic E-state index is 12.0. The molecule has 0 aromatic carbocycles. The summed E-state index contributed by atoms with van der Waals surface area (Å²) in [5.41, 5.74) is 2.76. The second-order valence-electron chi connectivity index (χ2n) is 5.63. The minimum atomic E-state index is -0.361. The van der Waals surface area contributed by atoms with Crippen molar-refractivity contribution in [2.75, 3.05) is 11.5 Å². The van der Waals surface area contributed by atoms with E-state index in [-0.39, 0.29) is 22.8 Å². The van der Waals surface area contributed by atoms with Gasteiger partial charge in [-0.05, 0) is 43.7 Å². The van der Waals surface area contributed by atoms with E-state index >= 15 is 0 Å². The van der Waals surface area contributed by atoms with E-state index in [4.69, 9.17) is 0 Å². The van der Waals surface area contributed by atoms with Gasteiger partial charge in [0.1, 0.15) is 11.1 Å². The van der Waals surface area contributed by atoms with Crippen molar-refractivity contribution >= 4 is 34.5 Å². The number of nitriles is 1. The van der Waals surface area contributed by atoms with E-state index in [1.165, 1.54) is 23.5 Å². The van der Waals surface area contributed by atoms with Gasteiger partial charge in [-0.25, -0.2) is 4.98 Å². The van der Waals surface area contributed by atoms with Crippen LogP contribution in [-0.2, 0) is 22.4 Å². The molecule has 1 aromatic heterocycles. The molecule has 23 heavy (non-hydrogen) atoms. The lowest BCUT2D eigenvalue weighted by Gasteiger charge is -2.16. The van der Waals surface area contributed by atoms with Crippen LogP contribution in [0.25, 0.3) is 0 Å². The number of hydrogen-bond acceptors (Lipinski definition) is 6. The van der Waals surface area contributed by atoms with Gasteiger partial charge in [0, 0.05) is 11.4 Å². The summed E-state index contributed by atoms with van der Waals surface area (Å²) in [7, 11) is 0. The first-order valence-electron chi connectivity index (χ1n) is 7.69. The highest BCUT2D eigenvalue weighted by atomic mass is 32.2. The Bertz CT molecular complexity index is 685. The second kappa shape index (κ2) is 7.37. The predicted octanol–water partition coefficient (Wildman–Crippen LogP) is 2.07. The number of nitrogens with one attached hydrogen (secondary N) is 1. The molecule has 1 aliphatic carbocycles.